The van der Waals surface area contributed by atoms with Gasteiger partial charge in [0, 0.05) is 31.7 Å². The van der Waals surface area contributed by atoms with Crippen molar-refractivity contribution >= 4 is 23.7 Å². The Kier molecular flexibility index (Phi) is 10.7. The Morgan fingerprint density at radius 3 is 2.52 bits per heavy atom. The number of likely N-dealkylation sites (tertiary alicyclic amines) is 1. The summed E-state index contributed by atoms with van der Waals surface area (Å²) in [5, 5.41) is 12.4. The fourth-order valence-corrected chi connectivity index (χ4v) is 7.38. The molecule has 3 aliphatic rings. The van der Waals surface area contributed by atoms with E-state index in [4.69, 9.17) is 9.47 Å². The smallest absolute Gasteiger partial charge is 0.312 e. The van der Waals surface area contributed by atoms with Crippen LogP contribution >= 0.6 is 0 Å². The number of amides is 3. The summed E-state index contributed by atoms with van der Waals surface area (Å²) in [4.78, 5) is 57.5. The highest BCUT2D eigenvalue weighted by Gasteiger charge is 2.75. The van der Waals surface area contributed by atoms with Crippen LogP contribution in [0, 0.1) is 17.3 Å². The highest BCUT2D eigenvalue weighted by molar-refractivity contribution is 5.98. The zero-order valence-corrected chi connectivity index (χ0v) is 26.3. The number of rotatable bonds is 15. The van der Waals surface area contributed by atoms with Crippen molar-refractivity contribution < 1.29 is 33.8 Å². The molecule has 6 atom stereocenters. The molecule has 0 aromatic heterocycles. The average Bonchev–Trinajstić information content (AvgIpc) is 3.53. The Morgan fingerprint density at radius 1 is 1.24 bits per heavy atom. The van der Waals surface area contributed by atoms with E-state index in [2.05, 4.69) is 39.2 Å². The van der Waals surface area contributed by atoms with E-state index in [9.17, 15) is 24.3 Å². The van der Waals surface area contributed by atoms with Gasteiger partial charge in [-0.3, -0.25) is 19.2 Å². The molecule has 3 rings (SSSR count). The van der Waals surface area contributed by atoms with Crippen LogP contribution in [0.5, 0.6) is 0 Å². The molecule has 3 fully saturated rings. The normalized spacial score (nSPS) is 27.4. The van der Waals surface area contributed by atoms with E-state index in [1.165, 1.54) is 4.90 Å². The summed E-state index contributed by atoms with van der Waals surface area (Å²) in [6.07, 6.45) is 5.08. The lowest BCUT2D eigenvalue weighted by Crippen LogP contribution is -2.61. The summed E-state index contributed by atoms with van der Waals surface area (Å²) in [5.41, 5.74) is -1.77. The second-order valence-corrected chi connectivity index (χ2v) is 13.8. The van der Waals surface area contributed by atoms with Crippen LogP contribution in [0.4, 0.5) is 0 Å². The van der Waals surface area contributed by atoms with Crippen molar-refractivity contribution in [3.8, 4) is 0 Å². The van der Waals surface area contributed by atoms with E-state index < -0.39 is 47.2 Å². The van der Waals surface area contributed by atoms with Gasteiger partial charge in [0.1, 0.15) is 17.7 Å². The topological polar surface area (TPSA) is 125 Å². The molecule has 236 valence electrons. The molecule has 0 saturated carbocycles. The number of carbonyl (C=O) groups is 4. The van der Waals surface area contributed by atoms with E-state index in [0.717, 1.165) is 0 Å². The summed E-state index contributed by atoms with van der Waals surface area (Å²) in [6, 6.07) is -0.926. The predicted molar refractivity (Wildman–Crippen MR) is 159 cm³/mol. The monoisotopic (exact) mass is 589 g/mol. The first-order valence-electron chi connectivity index (χ1n) is 15.2. The molecular weight excluding hydrogens is 538 g/mol. The quantitative estimate of drug-likeness (QED) is 0.222. The maximum absolute atomic E-state index is 14.6. The molecule has 0 aromatic carbocycles. The SMILES string of the molecule is C=CCCC(=O)NC[C@H](C)OC(=O)[C@@H]1[C@H]2C(=O)N(CCCO)[C@H](C(=O)N(CC=C)C(C)(C)CC(C)(C)C)[C@]23CC[C@H]1O3. The first-order valence-corrected chi connectivity index (χ1v) is 15.2. The van der Waals surface area contributed by atoms with Gasteiger partial charge >= 0.3 is 5.97 Å². The maximum atomic E-state index is 14.6. The van der Waals surface area contributed by atoms with Gasteiger partial charge in [0.05, 0.1) is 24.5 Å². The largest absolute Gasteiger partial charge is 0.460 e. The van der Waals surface area contributed by atoms with Crippen LogP contribution < -0.4 is 5.32 Å². The van der Waals surface area contributed by atoms with Crippen molar-refractivity contribution in [1.82, 2.24) is 15.1 Å². The number of aliphatic hydroxyl groups excluding tert-OH is 1. The number of hydrogen-bond donors (Lipinski definition) is 2. The molecule has 0 radical (unpaired) electrons. The fraction of sp³-hybridized carbons (Fsp3) is 0.750. The van der Waals surface area contributed by atoms with Crippen molar-refractivity contribution in [2.75, 3.05) is 26.2 Å². The van der Waals surface area contributed by atoms with Gasteiger partial charge in [-0.15, -0.1) is 13.2 Å². The lowest BCUT2D eigenvalue weighted by molar-refractivity contribution is -0.159. The summed E-state index contributed by atoms with van der Waals surface area (Å²) >= 11 is 0. The van der Waals surface area contributed by atoms with Crippen LogP contribution in [0.15, 0.2) is 25.3 Å². The molecule has 0 aliphatic carbocycles. The van der Waals surface area contributed by atoms with Gasteiger partial charge in [0.25, 0.3) is 0 Å². The second kappa shape index (κ2) is 13.3. The van der Waals surface area contributed by atoms with Crippen LogP contribution in [-0.4, -0.2) is 94.2 Å². The van der Waals surface area contributed by atoms with E-state index in [1.807, 2.05) is 13.8 Å². The predicted octanol–water partition coefficient (Wildman–Crippen LogP) is 2.99. The molecule has 3 heterocycles. The van der Waals surface area contributed by atoms with Gasteiger partial charge in [-0.1, -0.05) is 32.9 Å². The molecule has 3 saturated heterocycles. The highest BCUT2D eigenvalue weighted by atomic mass is 16.6. The Labute approximate surface area is 250 Å². The number of fused-ring (bicyclic) bond motifs is 1. The van der Waals surface area contributed by atoms with E-state index >= 15 is 0 Å². The Bertz CT molecular complexity index is 1050. The number of allylic oxidation sites excluding steroid dienone is 1. The van der Waals surface area contributed by atoms with Crippen molar-refractivity contribution in [1.29, 1.82) is 0 Å². The lowest BCUT2D eigenvalue weighted by atomic mass is 9.70. The number of nitrogens with one attached hydrogen (secondary N) is 1. The van der Waals surface area contributed by atoms with Crippen LogP contribution in [-0.2, 0) is 28.7 Å². The number of carbonyl (C=O) groups excluding carboxylic acids is 4. The Hall–Kier alpha value is -2.72. The summed E-state index contributed by atoms with van der Waals surface area (Å²) in [5.74, 6) is -2.98. The van der Waals surface area contributed by atoms with Gasteiger partial charge < -0.3 is 29.7 Å². The Balaban J connectivity index is 1.89. The fourth-order valence-electron chi connectivity index (χ4n) is 7.38. The summed E-state index contributed by atoms with van der Waals surface area (Å²) < 4.78 is 12.2. The molecule has 0 aromatic rings. The van der Waals surface area contributed by atoms with Gasteiger partial charge in [-0.05, 0) is 58.3 Å². The van der Waals surface area contributed by atoms with Crippen molar-refractivity contribution in [2.24, 2.45) is 17.3 Å². The minimum Gasteiger partial charge on any atom is -0.460 e. The zero-order valence-electron chi connectivity index (χ0n) is 26.3. The van der Waals surface area contributed by atoms with Crippen molar-refractivity contribution in [2.45, 2.75) is 109 Å². The zero-order chi connectivity index (χ0) is 31.5. The van der Waals surface area contributed by atoms with Crippen LogP contribution in [0.2, 0.25) is 0 Å². The van der Waals surface area contributed by atoms with Gasteiger partial charge in [0.2, 0.25) is 17.7 Å². The third-order valence-corrected chi connectivity index (χ3v) is 8.61. The van der Waals surface area contributed by atoms with E-state index in [0.29, 0.717) is 45.1 Å². The molecule has 3 amide bonds. The standard InChI is InChI=1S/C32H51N3O7/c1-9-11-13-23(37)33-19-21(3)41-29(40)24-22-14-15-32(42-22)25(24)27(38)34(17-12-18-36)26(32)28(39)35(16-10-2)31(7,8)20-30(4,5)6/h9-10,21-22,24-26,36H,1-2,11-20H2,3-8H3,(H,33,37)/t21-,22+,24-,25-,26+,32-/m0/s1. The molecule has 1 spiro atoms. The molecule has 10 nitrogen and oxygen atoms in total. The molecular formula is C32H51N3O7. The Morgan fingerprint density at radius 2 is 1.93 bits per heavy atom. The third-order valence-electron chi connectivity index (χ3n) is 8.61. The van der Waals surface area contributed by atoms with E-state index in [1.54, 1.807) is 24.0 Å². The first-order chi connectivity index (χ1) is 19.6. The number of esters is 1. The van der Waals surface area contributed by atoms with Gasteiger partial charge in [0.15, 0.2) is 0 Å². The molecule has 2 bridgehead atoms. The summed E-state index contributed by atoms with van der Waals surface area (Å²) in [7, 11) is 0. The molecule has 42 heavy (non-hydrogen) atoms. The van der Waals surface area contributed by atoms with Crippen LogP contribution in [0.3, 0.4) is 0 Å². The van der Waals surface area contributed by atoms with Crippen molar-refractivity contribution in [3.63, 3.8) is 0 Å². The molecule has 2 N–H and O–H groups in total. The maximum Gasteiger partial charge on any atom is 0.312 e. The highest BCUT2D eigenvalue weighted by Crippen LogP contribution is 2.59. The number of hydrogen-bond acceptors (Lipinski definition) is 7. The minimum absolute atomic E-state index is 0.0644. The number of nitrogens with zero attached hydrogens (tertiary/aromatic N) is 2. The van der Waals surface area contributed by atoms with Gasteiger partial charge in [-0.25, -0.2) is 0 Å². The minimum atomic E-state index is -1.16. The first kappa shape index (κ1) is 33.8. The lowest BCUT2D eigenvalue weighted by Gasteiger charge is -2.45. The summed E-state index contributed by atoms with van der Waals surface area (Å²) in [6.45, 7) is 20.1. The molecule has 3 aliphatic heterocycles. The average molecular weight is 590 g/mol. The van der Waals surface area contributed by atoms with Gasteiger partial charge in [-0.2, -0.15) is 0 Å². The second-order valence-electron chi connectivity index (χ2n) is 13.8. The van der Waals surface area contributed by atoms with Crippen LogP contribution in [0.1, 0.15) is 80.1 Å². The number of ether oxygens (including phenoxy) is 2. The van der Waals surface area contributed by atoms with E-state index in [-0.39, 0.29) is 42.8 Å². The molecule has 10 heteroatoms. The third kappa shape index (κ3) is 6.91. The van der Waals surface area contributed by atoms with Crippen LogP contribution in [0.25, 0.3) is 0 Å². The number of aliphatic hydroxyl groups is 1. The molecule has 0 unspecified atom stereocenters. The van der Waals surface area contributed by atoms with Crippen molar-refractivity contribution in [3.05, 3.63) is 25.3 Å².